The molecule has 0 heterocycles. The minimum absolute atomic E-state index is 0.0328. The quantitative estimate of drug-likeness (QED) is 0.203. The van der Waals surface area contributed by atoms with Gasteiger partial charge in [0.05, 0.1) is 6.16 Å². The van der Waals surface area contributed by atoms with E-state index < -0.39 is 7.60 Å². The fraction of sp³-hybridized carbons (Fsp3) is 0.500. The van der Waals surface area contributed by atoms with E-state index in [-0.39, 0.29) is 17.8 Å². The van der Waals surface area contributed by atoms with E-state index in [1.165, 1.54) is 12.7 Å². The van der Waals surface area contributed by atoms with Gasteiger partial charge in [-0.3, -0.25) is 0 Å². The van der Waals surface area contributed by atoms with E-state index in [9.17, 15) is 9.67 Å². The highest BCUT2D eigenvalue weighted by Gasteiger charge is 2.33. The molecule has 0 amide bonds. The topological polar surface area (TPSA) is 55.8 Å². The predicted molar refractivity (Wildman–Crippen MR) is 136 cm³/mol. The van der Waals surface area contributed by atoms with Crippen molar-refractivity contribution in [1.82, 2.24) is 0 Å². The molecule has 0 fully saturated rings. The second-order valence-electron chi connectivity index (χ2n) is 9.26. The summed E-state index contributed by atoms with van der Waals surface area (Å²) in [5.74, 6) is 1.17. The van der Waals surface area contributed by atoms with E-state index in [0.717, 1.165) is 61.6 Å². The lowest BCUT2D eigenvalue weighted by Crippen LogP contribution is -2.16. The summed E-state index contributed by atoms with van der Waals surface area (Å²) in [7, 11) is -2.03. The van der Waals surface area contributed by atoms with E-state index in [4.69, 9.17) is 9.05 Å². The summed E-state index contributed by atoms with van der Waals surface area (Å²) in [4.78, 5) is 0. The molecule has 0 saturated heterocycles. The van der Waals surface area contributed by atoms with Crippen molar-refractivity contribution < 1.29 is 18.7 Å². The maximum atomic E-state index is 13.7. The van der Waals surface area contributed by atoms with E-state index in [1.54, 1.807) is 0 Å². The molecule has 0 radical (unpaired) electrons. The first-order valence-electron chi connectivity index (χ1n) is 12.3. The van der Waals surface area contributed by atoms with Crippen molar-refractivity contribution in [2.75, 3.05) is 7.11 Å². The smallest absolute Gasteiger partial charge is 0.383 e. The molecule has 180 valence electrons. The van der Waals surface area contributed by atoms with Crippen molar-refractivity contribution in [3.8, 4) is 11.5 Å². The highest BCUT2D eigenvalue weighted by molar-refractivity contribution is 7.53. The maximum Gasteiger partial charge on any atom is 0.383 e. The van der Waals surface area contributed by atoms with Crippen LogP contribution in [0.2, 0.25) is 0 Å². The average Bonchev–Trinajstić information content (AvgIpc) is 2.80. The molecule has 1 aliphatic rings. The number of aromatic hydroxyl groups is 1. The van der Waals surface area contributed by atoms with Crippen molar-refractivity contribution in [2.45, 2.75) is 77.8 Å². The first-order valence-corrected chi connectivity index (χ1v) is 14.0. The lowest BCUT2D eigenvalue weighted by molar-refractivity contribution is 0.315. The molecule has 0 aliphatic heterocycles. The summed E-state index contributed by atoms with van der Waals surface area (Å²) in [6.07, 6.45) is 9.76. The van der Waals surface area contributed by atoms with E-state index in [1.807, 2.05) is 42.5 Å². The molecule has 4 nitrogen and oxygen atoms in total. The van der Waals surface area contributed by atoms with Gasteiger partial charge in [0, 0.05) is 18.6 Å². The zero-order valence-corrected chi connectivity index (χ0v) is 21.4. The van der Waals surface area contributed by atoms with Gasteiger partial charge in [-0.1, -0.05) is 75.1 Å². The Labute approximate surface area is 199 Å². The molecule has 3 atom stereocenters. The van der Waals surface area contributed by atoms with Crippen LogP contribution in [-0.4, -0.2) is 12.2 Å². The van der Waals surface area contributed by atoms with E-state index >= 15 is 0 Å². The Morgan fingerprint density at radius 2 is 1.85 bits per heavy atom. The van der Waals surface area contributed by atoms with Gasteiger partial charge in [-0.05, 0) is 61.8 Å². The molecule has 0 aromatic heterocycles. The van der Waals surface area contributed by atoms with E-state index in [2.05, 4.69) is 26.8 Å². The summed E-state index contributed by atoms with van der Waals surface area (Å²) < 4.78 is 25.4. The molecule has 3 unspecified atom stereocenters. The summed E-state index contributed by atoms with van der Waals surface area (Å²) in [5.41, 5.74) is 3.96. The number of unbranched alkanes of at least 4 members (excludes halogenated alkanes) is 2. The van der Waals surface area contributed by atoms with Crippen molar-refractivity contribution in [2.24, 2.45) is 5.92 Å². The lowest BCUT2D eigenvalue weighted by atomic mass is 9.75. The summed E-state index contributed by atoms with van der Waals surface area (Å²) >= 11 is 0. The summed E-state index contributed by atoms with van der Waals surface area (Å²) in [6, 6.07) is 13.5. The van der Waals surface area contributed by atoms with Crippen LogP contribution in [0.25, 0.3) is 0 Å². The molecular weight excluding hydrogens is 431 g/mol. The largest absolute Gasteiger partial charge is 0.507 e. The molecule has 0 bridgehead atoms. The van der Waals surface area contributed by atoms with Gasteiger partial charge in [0.15, 0.2) is 0 Å². The van der Waals surface area contributed by atoms with Crippen LogP contribution in [0.15, 0.2) is 54.1 Å². The standard InChI is InChI=1S/C28H39O4P/c1-5-7-9-14-23-18-26(29)28(25-17-21(3)15-16-24(25)6-2)27(19-23)32-33(30,31-4)20-22-12-10-8-11-13-22/h8,10-13,17-19,24-25,29H,5-7,9,14-16,20H2,1-4H3. The normalized spacial score (nSPS) is 20.2. The highest BCUT2D eigenvalue weighted by Crippen LogP contribution is 2.55. The Balaban J connectivity index is 2.03. The zero-order valence-electron chi connectivity index (χ0n) is 20.5. The molecule has 1 N–H and O–H groups in total. The molecule has 0 spiro atoms. The van der Waals surface area contributed by atoms with Crippen LogP contribution in [-0.2, 0) is 21.7 Å². The van der Waals surface area contributed by atoms with Gasteiger partial charge in [0.2, 0.25) is 0 Å². The highest BCUT2D eigenvalue weighted by atomic mass is 31.2. The van der Waals surface area contributed by atoms with Crippen LogP contribution < -0.4 is 4.52 Å². The minimum atomic E-state index is -3.47. The van der Waals surface area contributed by atoms with Gasteiger partial charge in [-0.25, -0.2) is 4.57 Å². The molecule has 1 aliphatic carbocycles. The monoisotopic (exact) mass is 470 g/mol. The van der Waals surface area contributed by atoms with E-state index in [0.29, 0.717) is 11.7 Å². The number of hydrogen-bond acceptors (Lipinski definition) is 4. The van der Waals surface area contributed by atoms with Gasteiger partial charge in [0.1, 0.15) is 11.5 Å². The van der Waals surface area contributed by atoms with Gasteiger partial charge in [-0.15, -0.1) is 0 Å². The minimum Gasteiger partial charge on any atom is -0.507 e. The van der Waals surface area contributed by atoms with Crippen LogP contribution in [0.4, 0.5) is 0 Å². The molecule has 33 heavy (non-hydrogen) atoms. The van der Waals surface area contributed by atoms with Crippen molar-refractivity contribution in [3.05, 3.63) is 70.8 Å². The van der Waals surface area contributed by atoms with Crippen LogP contribution in [0.1, 0.15) is 81.9 Å². The SMILES string of the molecule is CCCCCc1cc(O)c(C2C=C(C)CCC2CC)c(OP(=O)(Cc2ccccc2)OC)c1. The molecular formula is C28H39O4P. The van der Waals surface area contributed by atoms with Crippen molar-refractivity contribution >= 4 is 7.60 Å². The Morgan fingerprint density at radius 3 is 2.52 bits per heavy atom. The molecule has 3 rings (SSSR count). The summed E-state index contributed by atoms with van der Waals surface area (Å²) in [5, 5.41) is 11.2. The third-order valence-electron chi connectivity index (χ3n) is 6.72. The van der Waals surface area contributed by atoms with Crippen LogP contribution >= 0.6 is 7.60 Å². The van der Waals surface area contributed by atoms with Crippen LogP contribution in [0.3, 0.4) is 0 Å². The maximum absolute atomic E-state index is 13.7. The van der Waals surface area contributed by atoms with Crippen molar-refractivity contribution in [1.29, 1.82) is 0 Å². The van der Waals surface area contributed by atoms with Crippen LogP contribution in [0, 0.1) is 5.92 Å². The van der Waals surface area contributed by atoms with Gasteiger partial charge < -0.3 is 14.2 Å². The zero-order chi connectivity index (χ0) is 23.8. The third kappa shape index (κ3) is 6.74. The average molecular weight is 471 g/mol. The van der Waals surface area contributed by atoms with Gasteiger partial charge >= 0.3 is 7.60 Å². The lowest BCUT2D eigenvalue weighted by Gasteiger charge is -2.31. The molecule has 2 aromatic rings. The van der Waals surface area contributed by atoms with Crippen LogP contribution in [0.5, 0.6) is 11.5 Å². The second-order valence-corrected chi connectivity index (χ2v) is 11.3. The fourth-order valence-electron chi connectivity index (χ4n) is 4.79. The Bertz CT molecular complexity index is 983. The number of phenols is 1. The Kier molecular flexibility index (Phi) is 9.23. The van der Waals surface area contributed by atoms with Crippen molar-refractivity contribution in [3.63, 3.8) is 0 Å². The molecule has 5 heteroatoms. The predicted octanol–water partition coefficient (Wildman–Crippen LogP) is 8.39. The third-order valence-corrected chi connectivity index (χ3v) is 8.51. The first-order chi connectivity index (χ1) is 15.9. The second kappa shape index (κ2) is 11.9. The van der Waals surface area contributed by atoms with Gasteiger partial charge in [-0.2, -0.15) is 0 Å². The number of aryl methyl sites for hydroxylation is 1. The van der Waals surface area contributed by atoms with Gasteiger partial charge in [0.25, 0.3) is 0 Å². The number of benzene rings is 2. The molecule has 0 saturated carbocycles. The Morgan fingerprint density at radius 1 is 1.09 bits per heavy atom. The number of phenolic OH excluding ortho intramolecular Hbond substituents is 1. The first kappa shape index (κ1) is 25.6. The Hall–Kier alpha value is -2.03. The number of allylic oxidation sites excluding steroid dienone is 2. The summed E-state index contributed by atoms with van der Waals surface area (Å²) in [6.45, 7) is 6.51. The fourth-order valence-corrected chi connectivity index (χ4v) is 6.16. The number of rotatable bonds is 11. The molecule has 2 aromatic carbocycles. The number of hydrogen-bond donors (Lipinski definition) is 1.